The molecule has 0 aromatic carbocycles. The average Bonchev–Trinajstić information content (AvgIpc) is 2.94. The van der Waals surface area contributed by atoms with E-state index < -0.39 is 5.41 Å². The van der Waals surface area contributed by atoms with Crippen molar-refractivity contribution in [2.45, 2.75) is 26.7 Å². The van der Waals surface area contributed by atoms with Crippen LogP contribution < -0.4 is 10.5 Å². The number of rotatable bonds is 2. The van der Waals surface area contributed by atoms with Crippen LogP contribution >= 0.6 is 11.6 Å². The number of carbonyl (C=O) groups excluding carboxylic acids is 2. The van der Waals surface area contributed by atoms with Gasteiger partial charge in [0.2, 0.25) is 5.88 Å². The Kier molecular flexibility index (Phi) is 4.27. The summed E-state index contributed by atoms with van der Waals surface area (Å²) in [6, 6.07) is 1.57. The number of pyridine rings is 1. The zero-order chi connectivity index (χ0) is 18.4. The molecule has 3 rings (SSSR count). The Labute approximate surface area is 152 Å². The SMILES string of the molecule is COc1ncc(C(=O)N2CC[C@]3(C=C(N)C(=O)C(C)(C)C3)C2)cc1Cl. The Morgan fingerprint density at radius 2 is 2.16 bits per heavy atom. The molecule has 0 bridgehead atoms. The maximum atomic E-state index is 12.8. The lowest BCUT2D eigenvalue weighted by atomic mass is 9.65. The fourth-order valence-corrected chi connectivity index (χ4v) is 4.25. The number of nitrogens with two attached hydrogens (primary N) is 1. The van der Waals surface area contributed by atoms with E-state index in [1.165, 1.54) is 13.3 Å². The maximum Gasteiger partial charge on any atom is 0.255 e. The second kappa shape index (κ2) is 6.02. The number of halogens is 1. The molecular weight excluding hydrogens is 342 g/mol. The second-order valence-electron chi connectivity index (χ2n) is 7.54. The highest BCUT2D eigenvalue weighted by Gasteiger charge is 2.48. The van der Waals surface area contributed by atoms with E-state index in [-0.39, 0.29) is 17.1 Å². The van der Waals surface area contributed by atoms with Gasteiger partial charge in [0.1, 0.15) is 5.02 Å². The molecule has 1 saturated heterocycles. The number of nitrogens with zero attached hydrogens (tertiary/aromatic N) is 2. The van der Waals surface area contributed by atoms with Gasteiger partial charge in [0.15, 0.2) is 5.78 Å². The molecule has 1 spiro atoms. The number of amides is 1. The number of ketones is 1. The number of hydrogen-bond acceptors (Lipinski definition) is 5. The number of methoxy groups -OCH3 is 1. The zero-order valence-electron chi connectivity index (χ0n) is 14.6. The molecular formula is C18H22ClN3O3. The molecule has 0 unspecified atom stereocenters. The van der Waals surface area contributed by atoms with E-state index in [4.69, 9.17) is 22.1 Å². The highest BCUT2D eigenvalue weighted by molar-refractivity contribution is 6.32. The highest BCUT2D eigenvalue weighted by atomic mass is 35.5. The number of aromatic nitrogens is 1. The van der Waals surface area contributed by atoms with Crippen molar-refractivity contribution in [1.29, 1.82) is 0 Å². The van der Waals surface area contributed by atoms with Gasteiger partial charge in [0, 0.05) is 30.1 Å². The lowest BCUT2D eigenvalue weighted by Crippen LogP contribution is -2.42. The van der Waals surface area contributed by atoms with Gasteiger partial charge >= 0.3 is 0 Å². The third-order valence-corrected chi connectivity index (χ3v) is 5.32. The molecule has 1 aromatic rings. The molecule has 2 aliphatic rings. The first kappa shape index (κ1) is 17.7. The zero-order valence-corrected chi connectivity index (χ0v) is 15.4. The van der Waals surface area contributed by atoms with E-state index in [2.05, 4.69) is 4.98 Å². The third-order valence-electron chi connectivity index (χ3n) is 5.05. The van der Waals surface area contributed by atoms with Crippen molar-refractivity contribution in [2.24, 2.45) is 16.6 Å². The summed E-state index contributed by atoms with van der Waals surface area (Å²) in [6.45, 7) is 4.96. The number of ether oxygens (including phenoxy) is 1. The van der Waals surface area contributed by atoms with Crippen molar-refractivity contribution in [3.8, 4) is 5.88 Å². The number of Topliss-reactive ketones (excluding diaryl/α,β-unsaturated/α-hetero) is 1. The van der Waals surface area contributed by atoms with Gasteiger partial charge in [-0.05, 0) is 25.0 Å². The molecule has 2 N–H and O–H groups in total. The van der Waals surface area contributed by atoms with Crippen LogP contribution in [0.4, 0.5) is 0 Å². The Morgan fingerprint density at radius 3 is 2.76 bits per heavy atom. The molecule has 134 valence electrons. The molecule has 6 nitrogen and oxygen atoms in total. The number of hydrogen-bond donors (Lipinski definition) is 1. The second-order valence-corrected chi connectivity index (χ2v) is 7.95. The van der Waals surface area contributed by atoms with Crippen molar-refractivity contribution in [2.75, 3.05) is 20.2 Å². The molecule has 0 radical (unpaired) electrons. The van der Waals surface area contributed by atoms with Crippen molar-refractivity contribution < 1.29 is 14.3 Å². The van der Waals surface area contributed by atoms with Gasteiger partial charge in [-0.15, -0.1) is 0 Å². The van der Waals surface area contributed by atoms with Crippen LogP contribution in [0.15, 0.2) is 24.0 Å². The summed E-state index contributed by atoms with van der Waals surface area (Å²) in [5.41, 5.74) is 5.93. The average molecular weight is 364 g/mol. The lowest BCUT2D eigenvalue weighted by Gasteiger charge is -2.39. The van der Waals surface area contributed by atoms with Crippen LogP contribution in [0.2, 0.25) is 5.02 Å². The van der Waals surface area contributed by atoms with E-state index in [1.807, 2.05) is 19.9 Å². The minimum absolute atomic E-state index is 0.0194. The largest absolute Gasteiger partial charge is 0.480 e. The van der Waals surface area contributed by atoms with Crippen LogP contribution in [0.1, 0.15) is 37.0 Å². The first-order valence-corrected chi connectivity index (χ1v) is 8.57. The van der Waals surface area contributed by atoms with Crippen molar-refractivity contribution in [3.63, 3.8) is 0 Å². The van der Waals surface area contributed by atoms with E-state index >= 15 is 0 Å². The van der Waals surface area contributed by atoms with E-state index in [9.17, 15) is 9.59 Å². The fraction of sp³-hybridized carbons (Fsp3) is 0.500. The quantitative estimate of drug-likeness (QED) is 0.872. The maximum absolute atomic E-state index is 12.8. The van der Waals surface area contributed by atoms with Gasteiger partial charge < -0.3 is 15.4 Å². The van der Waals surface area contributed by atoms with Crippen molar-refractivity contribution in [1.82, 2.24) is 9.88 Å². The summed E-state index contributed by atoms with van der Waals surface area (Å²) < 4.78 is 5.02. The minimum Gasteiger partial charge on any atom is -0.480 e. The summed E-state index contributed by atoms with van der Waals surface area (Å²) in [6.07, 6.45) is 4.79. The monoisotopic (exact) mass is 363 g/mol. The molecule has 1 aliphatic carbocycles. The van der Waals surface area contributed by atoms with Gasteiger partial charge in [-0.25, -0.2) is 4.98 Å². The molecule has 1 atom stereocenters. The summed E-state index contributed by atoms with van der Waals surface area (Å²) in [4.78, 5) is 30.8. The van der Waals surface area contributed by atoms with Crippen molar-refractivity contribution in [3.05, 3.63) is 34.6 Å². The summed E-state index contributed by atoms with van der Waals surface area (Å²) in [5, 5.41) is 0.302. The molecule has 25 heavy (non-hydrogen) atoms. The molecule has 7 heteroatoms. The van der Waals surface area contributed by atoms with Crippen molar-refractivity contribution >= 4 is 23.3 Å². The van der Waals surface area contributed by atoms with E-state index in [0.29, 0.717) is 41.7 Å². The number of carbonyl (C=O) groups is 2. The molecule has 1 amide bonds. The molecule has 1 aromatic heterocycles. The van der Waals surface area contributed by atoms with Crippen LogP contribution in [0.3, 0.4) is 0 Å². The topological polar surface area (TPSA) is 85.5 Å². The van der Waals surface area contributed by atoms with Crippen LogP contribution in [0.5, 0.6) is 5.88 Å². The summed E-state index contributed by atoms with van der Waals surface area (Å²) >= 11 is 6.07. The van der Waals surface area contributed by atoms with Crippen LogP contribution in [-0.4, -0.2) is 41.8 Å². The Balaban J connectivity index is 1.82. The highest BCUT2D eigenvalue weighted by Crippen LogP contribution is 2.47. The standard InChI is InChI=1S/C18H22ClN3O3/c1-17(2)9-18(7-13(20)14(17)23)4-5-22(10-18)16(24)11-6-12(19)15(25-3)21-8-11/h6-8H,4-5,9-10,20H2,1-3H3/t18-/m1/s1. The van der Waals surface area contributed by atoms with E-state index in [0.717, 1.165) is 6.42 Å². The molecule has 1 fully saturated rings. The normalized spacial score (nSPS) is 25.2. The predicted molar refractivity (Wildman–Crippen MR) is 94.4 cm³/mol. The van der Waals surface area contributed by atoms with Gasteiger partial charge in [0.25, 0.3) is 5.91 Å². The van der Waals surface area contributed by atoms with Gasteiger partial charge in [-0.3, -0.25) is 9.59 Å². The Bertz CT molecular complexity index is 775. The lowest BCUT2D eigenvalue weighted by molar-refractivity contribution is -0.125. The molecule has 2 heterocycles. The van der Waals surface area contributed by atoms with Crippen LogP contribution in [-0.2, 0) is 4.79 Å². The first-order valence-electron chi connectivity index (χ1n) is 8.19. The van der Waals surface area contributed by atoms with E-state index in [1.54, 1.807) is 11.0 Å². The number of allylic oxidation sites excluding steroid dienone is 1. The molecule has 0 saturated carbocycles. The third kappa shape index (κ3) is 3.11. The smallest absolute Gasteiger partial charge is 0.255 e. The minimum atomic E-state index is -0.511. The van der Waals surface area contributed by atoms with Gasteiger partial charge in [0.05, 0.1) is 18.4 Å². The first-order chi connectivity index (χ1) is 11.7. The van der Waals surface area contributed by atoms with Gasteiger partial charge in [-0.2, -0.15) is 0 Å². The summed E-state index contributed by atoms with van der Waals surface area (Å²) in [5.74, 6) is 0.143. The predicted octanol–water partition coefficient (Wildman–Crippen LogP) is 2.42. The van der Waals surface area contributed by atoms with Crippen LogP contribution in [0.25, 0.3) is 0 Å². The van der Waals surface area contributed by atoms with Gasteiger partial charge in [-0.1, -0.05) is 25.4 Å². The molecule has 1 aliphatic heterocycles. The Hall–Kier alpha value is -2.08. The fourth-order valence-electron chi connectivity index (χ4n) is 4.00. The summed E-state index contributed by atoms with van der Waals surface area (Å²) in [7, 11) is 1.47. The van der Waals surface area contributed by atoms with Crippen LogP contribution in [0, 0.1) is 10.8 Å². The number of likely N-dealkylation sites (tertiary alicyclic amines) is 1. The Morgan fingerprint density at radius 1 is 1.44 bits per heavy atom.